The van der Waals surface area contributed by atoms with Crippen LogP contribution in [-0.2, 0) is 24.8 Å². The standard InChI is InChI=1S/C22H26N6O3/c1-22(2,3)31-21(30)28-10-9-18-17(13-28)19(29)26-20(25-18)24-16-7-5-14(6-8-16)15-11-23-27(4)12-15/h5-8,11-12H,9-10,13H2,1-4H3,(H2,24,25,26,29). The van der Waals surface area contributed by atoms with Crippen molar-refractivity contribution in [2.24, 2.45) is 7.05 Å². The second kappa shape index (κ2) is 7.90. The maximum atomic E-state index is 12.6. The number of aromatic amines is 1. The fraction of sp³-hybridized carbons (Fsp3) is 0.364. The number of hydrogen-bond donors (Lipinski definition) is 2. The zero-order chi connectivity index (χ0) is 22.2. The van der Waals surface area contributed by atoms with Crippen molar-refractivity contribution in [2.75, 3.05) is 11.9 Å². The number of anilines is 2. The van der Waals surface area contributed by atoms with Crippen LogP contribution in [0.4, 0.5) is 16.4 Å². The summed E-state index contributed by atoms with van der Waals surface area (Å²) in [5.41, 5.74) is 3.24. The number of aromatic nitrogens is 4. The van der Waals surface area contributed by atoms with Gasteiger partial charge in [0.15, 0.2) is 0 Å². The van der Waals surface area contributed by atoms with Gasteiger partial charge >= 0.3 is 6.09 Å². The average Bonchev–Trinajstić information content (AvgIpc) is 3.13. The number of carbonyl (C=O) groups is 1. The molecular weight excluding hydrogens is 396 g/mol. The molecule has 3 heterocycles. The zero-order valence-corrected chi connectivity index (χ0v) is 18.1. The van der Waals surface area contributed by atoms with E-state index in [0.717, 1.165) is 16.8 Å². The number of nitrogens with zero attached hydrogens (tertiary/aromatic N) is 4. The normalized spacial score (nSPS) is 13.6. The van der Waals surface area contributed by atoms with Gasteiger partial charge in [-0.3, -0.25) is 14.5 Å². The van der Waals surface area contributed by atoms with Gasteiger partial charge in [0.05, 0.1) is 24.0 Å². The van der Waals surface area contributed by atoms with Gasteiger partial charge in [-0.15, -0.1) is 0 Å². The molecule has 0 atom stereocenters. The van der Waals surface area contributed by atoms with Crippen molar-refractivity contribution in [3.05, 3.63) is 58.3 Å². The molecule has 2 aromatic heterocycles. The van der Waals surface area contributed by atoms with Crippen molar-refractivity contribution < 1.29 is 9.53 Å². The quantitative estimate of drug-likeness (QED) is 0.672. The van der Waals surface area contributed by atoms with Gasteiger partial charge in [-0.25, -0.2) is 9.78 Å². The van der Waals surface area contributed by atoms with Crippen molar-refractivity contribution >= 4 is 17.7 Å². The molecule has 2 N–H and O–H groups in total. The van der Waals surface area contributed by atoms with Crippen LogP contribution in [0.3, 0.4) is 0 Å². The summed E-state index contributed by atoms with van der Waals surface area (Å²) in [6, 6.07) is 7.81. The van der Waals surface area contributed by atoms with Crippen molar-refractivity contribution in [1.82, 2.24) is 24.6 Å². The fourth-order valence-electron chi connectivity index (χ4n) is 3.42. The zero-order valence-electron chi connectivity index (χ0n) is 18.1. The number of carbonyl (C=O) groups excluding carboxylic acids is 1. The smallest absolute Gasteiger partial charge is 0.410 e. The van der Waals surface area contributed by atoms with Gasteiger partial charge in [-0.2, -0.15) is 5.10 Å². The molecule has 9 heteroatoms. The molecule has 0 radical (unpaired) electrons. The Bertz CT molecular complexity index is 1160. The minimum atomic E-state index is -0.581. The minimum absolute atomic E-state index is 0.187. The molecule has 0 fully saturated rings. The second-order valence-corrected chi connectivity index (χ2v) is 8.60. The van der Waals surface area contributed by atoms with Gasteiger partial charge in [-0.05, 0) is 38.5 Å². The van der Waals surface area contributed by atoms with Gasteiger partial charge in [0.1, 0.15) is 5.60 Å². The second-order valence-electron chi connectivity index (χ2n) is 8.60. The predicted molar refractivity (Wildman–Crippen MR) is 117 cm³/mol. The lowest BCUT2D eigenvalue weighted by molar-refractivity contribution is 0.0222. The van der Waals surface area contributed by atoms with Crippen LogP contribution in [-0.4, -0.2) is 42.9 Å². The van der Waals surface area contributed by atoms with E-state index in [9.17, 15) is 9.59 Å². The molecule has 0 unspecified atom stereocenters. The highest BCUT2D eigenvalue weighted by molar-refractivity contribution is 5.69. The Morgan fingerprint density at radius 1 is 1.19 bits per heavy atom. The van der Waals surface area contributed by atoms with Gasteiger partial charge < -0.3 is 15.0 Å². The third kappa shape index (κ3) is 4.76. The van der Waals surface area contributed by atoms with E-state index in [1.165, 1.54) is 4.90 Å². The summed E-state index contributed by atoms with van der Waals surface area (Å²) < 4.78 is 7.17. The van der Waals surface area contributed by atoms with Crippen LogP contribution in [0.1, 0.15) is 32.0 Å². The van der Waals surface area contributed by atoms with Gasteiger partial charge in [0.25, 0.3) is 5.56 Å². The molecule has 3 aromatic rings. The van der Waals surface area contributed by atoms with Crippen molar-refractivity contribution in [3.8, 4) is 11.1 Å². The minimum Gasteiger partial charge on any atom is -0.444 e. The number of hydrogen-bond acceptors (Lipinski definition) is 6. The van der Waals surface area contributed by atoms with Crippen molar-refractivity contribution in [3.63, 3.8) is 0 Å². The van der Waals surface area contributed by atoms with E-state index in [4.69, 9.17) is 4.74 Å². The predicted octanol–water partition coefficient (Wildman–Crippen LogP) is 3.21. The molecule has 0 bridgehead atoms. The van der Waals surface area contributed by atoms with Gasteiger partial charge in [-0.1, -0.05) is 12.1 Å². The molecule has 1 aliphatic heterocycles. The highest BCUT2D eigenvalue weighted by atomic mass is 16.6. The largest absolute Gasteiger partial charge is 0.444 e. The lowest BCUT2D eigenvalue weighted by atomic mass is 10.1. The topological polar surface area (TPSA) is 105 Å². The molecule has 0 saturated heterocycles. The molecule has 9 nitrogen and oxygen atoms in total. The average molecular weight is 422 g/mol. The monoisotopic (exact) mass is 422 g/mol. The Kier molecular flexibility index (Phi) is 5.26. The lowest BCUT2D eigenvalue weighted by Gasteiger charge is -2.30. The SMILES string of the molecule is Cn1cc(-c2ccc(Nc3nc4c(c(=O)[nH]3)CN(C(=O)OC(C)(C)C)CC4)cc2)cn1. The summed E-state index contributed by atoms with van der Waals surface area (Å²) in [6.45, 7) is 6.10. The summed E-state index contributed by atoms with van der Waals surface area (Å²) >= 11 is 0. The summed E-state index contributed by atoms with van der Waals surface area (Å²) in [5, 5.41) is 7.34. The van der Waals surface area contributed by atoms with E-state index in [-0.39, 0.29) is 12.1 Å². The fourth-order valence-corrected chi connectivity index (χ4v) is 3.42. The first kappa shape index (κ1) is 20.6. The number of ether oxygens (including phenoxy) is 1. The van der Waals surface area contributed by atoms with Gasteiger partial charge in [0, 0.05) is 37.5 Å². The Morgan fingerprint density at radius 2 is 1.94 bits per heavy atom. The molecule has 162 valence electrons. The molecule has 1 aromatic carbocycles. The molecule has 0 spiro atoms. The maximum Gasteiger partial charge on any atom is 0.410 e. The Balaban J connectivity index is 1.48. The summed E-state index contributed by atoms with van der Waals surface area (Å²) in [6.07, 6.45) is 3.83. The van der Waals surface area contributed by atoms with Crippen LogP contribution in [0.2, 0.25) is 0 Å². The number of amides is 1. The summed E-state index contributed by atoms with van der Waals surface area (Å²) in [7, 11) is 1.88. The number of benzene rings is 1. The van der Waals surface area contributed by atoms with Crippen LogP contribution in [0.25, 0.3) is 11.1 Å². The van der Waals surface area contributed by atoms with Crippen LogP contribution < -0.4 is 10.9 Å². The van der Waals surface area contributed by atoms with Crippen LogP contribution in [0, 0.1) is 0 Å². The van der Waals surface area contributed by atoms with E-state index < -0.39 is 11.7 Å². The van der Waals surface area contributed by atoms with Crippen LogP contribution in [0.5, 0.6) is 0 Å². The highest BCUT2D eigenvalue weighted by Gasteiger charge is 2.28. The molecule has 4 rings (SSSR count). The molecule has 31 heavy (non-hydrogen) atoms. The number of nitrogens with one attached hydrogen (secondary N) is 2. The van der Waals surface area contributed by atoms with Crippen LogP contribution in [0.15, 0.2) is 41.5 Å². The van der Waals surface area contributed by atoms with E-state index in [0.29, 0.717) is 30.2 Å². The van der Waals surface area contributed by atoms with Crippen LogP contribution >= 0.6 is 0 Å². The lowest BCUT2D eigenvalue weighted by Crippen LogP contribution is -2.42. The van der Waals surface area contributed by atoms with Gasteiger partial charge in [0.2, 0.25) is 5.95 Å². The van der Waals surface area contributed by atoms with E-state index in [1.54, 1.807) is 4.68 Å². The molecule has 1 amide bonds. The first-order valence-electron chi connectivity index (χ1n) is 10.1. The van der Waals surface area contributed by atoms with E-state index in [1.807, 2.05) is 64.5 Å². The number of rotatable bonds is 3. The molecular formula is C22H26N6O3. The van der Waals surface area contributed by atoms with E-state index in [2.05, 4.69) is 20.4 Å². The summed E-state index contributed by atoms with van der Waals surface area (Å²) in [4.78, 5) is 33.8. The molecule has 0 aliphatic carbocycles. The Morgan fingerprint density at radius 3 is 2.58 bits per heavy atom. The first-order valence-corrected chi connectivity index (χ1v) is 10.1. The molecule has 0 saturated carbocycles. The van der Waals surface area contributed by atoms with E-state index >= 15 is 0 Å². The number of aryl methyl sites for hydroxylation is 1. The third-order valence-corrected chi connectivity index (χ3v) is 4.91. The number of fused-ring (bicyclic) bond motifs is 1. The highest BCUT2D eigenvalue weighted by Crippen LogP contribution is 2.23. The first-order chi connectivity index (χ1) is 14.7. The maximum absolute atomic E-state index is 12.6. The van der Waals surface area contributed by atoms with Crippen molar-refractivity contribution in [2.45, 2.75) is 39.3 Å². The number of H-pyrrole nitrogens is 1. The Labute approximate surface area is 180 Å². The van der Waals surface area contributed by atoms with Crippen molar-refractivity contribution in [1.29, 1.82) is 0 Å². The molecule has 1 aliphatic rings. The Hall–Kier alpha value is -3.62. The third-order valence-electron chi connectivity index (χ3n) is 4.91. The summed E-state index contributed by atoms with van der Waals surface area (Å²) in [5.74, 6) is 0.378.